The molecule has 0 radical (unpaired) electrons. The van der Waals surface area contributed by atoms with Crippen molar-refractivity contribution in [3.8, 4) is 5.75 Å². The topological polar surface area (TPSA) is 111 Å². The fraction of sp³-hybridized carbons (Fsp3) is 0.0500. The highest BCUT2D eigenvalue weighted by molar-refractivity contribution is 6.31. The number of rotatable bonds is 7. The number of benzene rings is 2. The highest BCUT2D eigenvalue weighted by Gasteiger charge is 2.19. The van der Waals surface area contributed by atoms with E-state index in [0.717, 1.165) is 0 Å². The Morgan fingerprint density at radius 3 is 2.59 bits per heavy atom. The molecule has 1 N–H and O–H groups in total. The van der Waals surface area contributed by atoms with Gasteiger partial charge in [0.2, 0.25) is 5.75 Å². The van der Waals surface area contributed by atoms with Crippen molar-refractivity contribution in [2.24, 2.45) is 0 Å². The average molecular weight is 412 g/mol. The van der Waals surface area contributed by atoms with E-state index in [1.807, 2.05) is 0 Å². The van der Waals surface area contributed by atoms with E-state index in [-0.39, 0.29) is 22.8 Å². The fourth-order valence-corrected chi connectivity index (χ4v) is 2.69. The standard InChI is InChI=1S/C20H14ClN3O5/c21-14-8-9-16(15(11-14)19(26)13-5-2-1-3-6-13)23-18(25)12-29-17-7-4-10-22-20(17)24(27)28/h1-11H,12H2,(H,23,25). The molecule has 3 aromatic rings. The van der Waals surface area contributed by atoms with Crippen LogP contribution in [0.4, 0.5) is 11.5 Å². The minimum Gasteiger partial charge on any atom is -0.476 e. The zero-order valence-corrected chi connectivity index (χ0v) is 15.6. The van der Waals surface area contributed by atoms with Gasteiger partial charge in [-0.3, -0.25) is 9.59 Å². The van der Waals surface area contributed by atoms with Crippen LogP contribution in [0.5, 0.6) is 5.75 Å². The number of nitrogens with zero attached hydrogens (tertiary/aromatic N) is 2. The highest BCUT2D eigenvalue weighted by atomic mass is 35.5. The molecule has 0 saturated carbocycles. The summed E-state index contributed by atoms with van der Waals surface area (Å²) < 4.78 is 5.21. The van der Waals surface area contributed by atoms with Crippen molar-refractivity contribution in [2.45, 2.75) is 0 Å². The van der Waals surface area contributed by atoms with Crippen LogP contribution in [0, 0.1) is 10.1 Å². The zero-order valence-electron chi connectivity index (χ0n) is 14.9. The second-order valence-corrected chi connectivity index (χ2v) is 6.24. The molecule has 0 aliphatic carbocycles. The lowest BCUT2D eigenvalue weighted by atomic mass is 10.0. The molecule has 146 valence electrons. The van der Waals surface area contributed by atoms with Crippen LogP contribution in [0.3, 0.4) is 0 Å². The SMILES string of the molecule is O=C(COc1cccnc1[N+](=O)[O-])Nc1ccc(Cl)cc1C(=O)c1ccccc1. The molecular formula is C20H14ClN3O5. The molecule has 0 bridgehead atoms. The number of amides is 1. The van der Waals surface area contributed by atoms with Gasteiger partial charge in [-0.05, 0) is 40.2 Å². The quantitative estimate of drug-likeness (QED) is 0.358. The van der Waals surface area contributed by atoms with Gasteiger partial charge < -0.3 is 20.2 Å². The molecule has 1 amide bonds. The van der Waals surface area contributed by atoms with Crippen molar-refractivity contribution < 1.29 is 19.2 Å². The van der Waals surface area contributed by atoms with Gasteiger partial charge in [-0.2, -0.15) is 0 Å². The van der Waals surface area contributed by atoms with Gasteiger partial charge in [0, 0.05) is 16.1 Å². The van der Waals surface area contributed by atoms with E-state index >= 15 is 0 Å². The first kappa shape index (κ1) is 20.0. The van der Waals surface area contributed by atoms with E-state index in [1.165, 1.54) is 36.5 Å². The normalized spacial score (nSPS) is 10.2. The Bertz CT molecular complexity index is 1070. The third-order valence-corrected chi connectivity index (χ3v) is 4.05. The van der Waals surface area contributed by atoms with E-state index in [0.29, 0.717) is 10.6 Å². The van der Waals surface area contributed by atoms with E-state index < -0.39 is 23.3 Å². The van der Waals surface area contributed by atoms with Crippen molar-refractivity contribution in [1.29, 1.82) is 0 Å². The van der Waals surface area contributed by atoms with E-state index in [2.05, 4.69) is 10.3 Å². The average Bonchev–Trinajstić information content (AvgIpc) is 2.73. The summed E-state index contributed by atoms with van der Waals surface area (Å²) in [4.78, 5) is 38.9. The summed E-state index contributed by atoms with van der Waals surface area (Å²) in [5, 5.41) is 13.9. The van der Waals surface area contributed by atoms with Gasteiger partial charge >= 0.3 is 5.82 Å². The maximum atomic E-state index is 12.8. The largest absolute Gasteiger partial charge is 0.476 e. The number of carbonyl (C=O) groups is 2. The van der Waals surface area contributed by atoms with Crippen molar-refractivity contribution in [3.63, 3.8) is 0 Å². The fourth-order valence-electron chi connectivity index (χ4n) is 2.52. The molecule has 2 aromatic carbocycles. The van der Waals surface area contributed by atoms with Crippen molar-refractivity contribution in [3.05, 3.63) is 93.1 Å². The molecule has 3 rings (SSSR count). The van der Waals surface area contributed by atoms with Gasteiger partial charge in [0.15, 0.2) is 12.4 Å². The maximum Gasteiger partial charge on any atom is 0.406 e. The zero-order chi connectivity index (χ0) is 20.8. The number of pyridine rings is 1. The summed E-state index contributed by atoms with van der Waals surface area (Å²) >= 11 is 6.01. The van der Waals surface area contributed by atoms with Crippen LogP contribution < -0.4 is 10.1 Å². The van der Waals surface area contributed by atoms with Crippen LogP contribution in [0.15, 0.2) is 66.9 Å². The first-order valence-corrected chi connectivity index (χ1v) is 8.75. The number of hydrogen-bond acceptors (Lipinski definition) is 6. The van der Waals surface area contributed by atoms with Crippen LogP contribution in [0.25, 0.3) is 0 Å². The van der Waals surface area contributed by atoms with Crippen LogP contribution in [0.2, 0.25) is 5.02 Å². The van der Waals surface area contributed by atoms with Crippen LogP contribution in [-0.2, 0) is 4.79 Å². The number of anilines is 1. The highest BCUT2D eigenvalue weighted by Crippen LogP contribution is 2.25. The van der Waals surface area contributed by atoms with Crippen molar-refractivity contribution in [1.82, 2.24) is 4.98 Å². The summed E-state index contributed by atoms with van der Waals surface area (Å²) in [6.45, 7) is -0.506. The van der Waals surface area contributed by atoms with Gasteiger partial charge in [0.1, 0.15) is 6.20 Å². The lowest BCUT2D eigenvalue weighted by Gasteiger charge is -2.12. The summed E-state index contributed by atoms with van der Waals surface area (Å²) in [6, 6.07) is 15.8. The van der Waals surface area contributed by atoms with Gasteiger partial charge in [-0.1, -0.05) is 41.9 Å². The number of hydrogen-bond donors (Lipinski definition) is 1. The first-order valence-electron chi connectivity index (χ1n) is 8.37. The monoisotopic (exact) mass is 411 g/mol. The number of ketones is 1. The molecule has 29 heavy (non-hydrogen) atoms. The van der Waals surface area contributed by atoms with Gasteiger partial charge in [-0.25, -0.2) is 0 Å². The third kappa shape index (κ3) is 4.94. The van der Waals surface area contributed by atoms with Gasteiger partial charge in [-0.15, -0.1) is 0 Å². The molecule has 1 heterocycles. The summed E-state index contributed by atoms with van der Waals surface area (Å²) in [5.41, 5.74) is 0.898. The summed E-state index contributed by atoms with van der Waals surface area (Å²) in [5.74, 6) is -1.55. The first-order chi connectivity index (χ1) is 14.0. The number of nitrogens with one attached hydrogen (secondary N) is 1. The summed E-state index contributed by atoms with van der Waals surface area (Å²) in [7, 11) is 0. The number of carbonyl (C=O) groups excluding carboxylic acids is 2. The Labute approximate surface area is 170 Å². The molecule has 0 aliphatic rings. The Morgan fingerprint density at radius 1 is 1.10 bits per heavy atom. The lowest BCUT2D eigenvalue weighted by Crippen LogP contribution is -2.22. The maximum absolute atomic E-state index is 12.8. The molecule has 0 unspecified atom stereocenters. The molecule has 8 nitrogen and oxygen atoms in total. The predicted octanol–water partition coefficient (Wildman–Crippen LogP) is 3.89. The lowest BCUT2D eigenvalue weighted by molar-refractivity contribution is -0.390. The number of aromatic nitrogens is 1. The molecule has 0 saturated heterocycles. The van der Waals surface area contributed by atoms with Crippen molar-refractivity contribution >= 4 is 34.8 Å². The second-order valence-electron chi connectivity index (χ2n) is 5.80. The molecule has 0 aliphatic heterocycles. The Balaban J connectivity index is 1.76. The minimum atomic E-state index is -0.705. The van der Waals surface area contributed by atoms with E-state index in [4.69, 9.17) is 16.3 Å². The Kier molecular flexibility index (Phi) is 6.16. The minimum absolute atomic E-state index is 0.135. The van der Waals surface area contributed by atoms with Gasteiger partial charge in [0.25, 0.3) is 5.91 Å². The number of halogens is 1. The Morgan fingerprint density at radius 2 is 1.86 bits per heavy atom. The molecule has 1 aromatic heterocycles. The predicted molar refractivity (Wildman–Crippen MR) is 106 cm³/mol. The smallest absolute Gasteiger partial charge is 0.406 e. The third-order valence-electron chi connectivity index (χ3n) is 3.82. The molecule has 0 spiro atoms. The Hall–Kier alpha value is -3.78. The van der Waals surface area contributed by atoms with Crippen molar-refractivity contribution in [2.75, 3.05) is 11.9 Å². The van der Waals surface area contributed by atoms with Crippen LogP contribution in [-0.4, -0.2) is 28.2 Å². The van der Waals surface area contributed by atoms with Gasteiger partial charge in [0.05, 0.1) is 5.69 Å². The van der Waals surface area contributed by atoms with E-state index in [1.54, 1.807) is 30.3 Å². The molecule has 0 atom stereocenters. The van der Waals surface area contributed by atoms with E-state index in [9.17, 15) is 19.7 Å². The molecule has 0 fully saturated rings. The summed E-state index contributed by atoms with van der Waals surface area (Å²) in [6.07, 6.45) is 1.25. The van der Waals surface area contributed by atoms with Crippen LogP contribution >= 0.6 is 11.6 Å². The number of ether oxygens (including phenoxy) is 1. The molecular weight excluding hydrogens is 398 g/mol. The van der Waals surface area contributed by atoms with Crippen LogP contribution in [0.1, 0.15) is 15.9 Å². The second kappa shape index (κ2) is 8.94. The number of nitro groups is 1. The molecule has 9 heteroatoms.